The number of nitrogens with one attached hydrogen (secondary N) is 1. The van der Waals surface area contributed by atoms with Crippen LogP contribution in [0.4, 0.5) is 10.1 Å². The van der Waals surface area contributed by atoms with Crippen molar-refractivity contribution in [2.75, 3.05) is 5.32 Å². The van der Waals surface area contributed by atoms with Crippen LogP contribution in [0.25, 0.3) is 0 Å². The van der Waals surface area contributed by atoms with Gasteiger partial charge < -0.3 is 5.32 Å². The Morgan fingerprint density at radius 2 is 2.05 bits per heavy atom. The van der Waals surface area contributed by atoms with E-state index in [1.54, 1.807) is 6.07 Å². The first kappa shape index (κ1) is 12.5. The number of fused-ring (bicyclic) bond motifs is 1. The summed E-state index contributed by atoms with van der Waals surface area (Å²) in [5.41, 5.74) is 4.12. The molecule has 2 aromatic carbocycles. The molecule has 0 amide bonds. The molecule has 0 aromatic heterocycles. The lowest BCUT2D eigenvalue weighted by molar-refractivity contribution is 0.624. The van der Waals surface area contributed by atoms with Crippen LogP contribution in [0.2, 0.25) is 5.02 Å². The van der Waals surface area contributed by atoms with E-state index in [2.05, 4.69) is 5.32 Å². The minimum absolute atomic E-state index is 0.170. The summed E-state index contributed by atoms with van der Waals surface area (Å²) in [6, 6.07) is 11.2. The van der Waals surface area contributed by atoms with Crippen LogP contribution in [-0.4, -0.2) is 0 Å². The fourth-order valence-electron chi connectivity index (χ4n) is 2.67. The van der Waals surface area contributed by atoms with Crippen molar-refractivity contribution in [1.29, 1.82) is 0 Å². The average molecular weight is 276 g/mol. The third-order valence-electron chi connectivity index (χ3n) is 3.63. The lowest BCUT2D eigenvalue weighted by atomic mass is 10.1. The second-order valence-electron chi connectivity index (χ2n) is 5.06. The third kappa shape index (κ3) is 2.45. The molecule has 19 heavy (non-hydrogen) atoms. The maximum absolute atomic E-state index is 13.8. The van der Waals surface area contributed by atoms with Crippen molar-refractivity contribution in [2.24, 2.45) is 0 Å². The van der Waals surface area contributed by atoms with Crippen LogP contribution in [0, 0.1) is 12.7 Å². The van der Waals surface area contributed by atoms with Crippen LogP contribution in [0.3, 0.4) is 0 Å². The predicted molar refractivity (Wildman–Crippen MR) is 77.3 cm³/mol. The van der Waals surface area contributed by atoms with Gasteiger partial charge in [0.25, 0.3) is 0 Å². The van der Waals surface area contributed by atoms with Gasteiger partial charge in [0.1, 0.15) is 5.82 Å². The summed E-state index contributed by atoms with van der Waals surface area (Å²) in [5, 5.41) is 4.07. The molecule has 0 fully saturated rings. The van der Waals surface area contributed by atoms with Gasteiger partial charge in [0.05, 0.1) is 11.7 Å². The van der Waals surface area contributed by atoms with Crippen LogP contribution < -0.4 is 5.32 Å². The Kier molecular flexibility index (Phi) is 3.19. The van der Waals surface area contributed by atoms with Crippen molar-refractivity contribution in [3.63, 3.8) is 0 Å². The Bertz CT molecular complexity index is 624. The van der Waals surface area contributed by atoms with Crippen molar-refractivity contribution < 1.29 is 4.39 Å². The molecule has 0 aliphatic heterocycles. The number of hydrogen-bond donors (Lipinski definition) is 1. The molecular weight excluding hydrogens is 261 g/mol. The molecule has 1 aliphatic rings. The number of hydrogen-bond acceptors (Lipinski definition) is 1. The van der Waals surface area contributed by atoms with E-state index in [9.17, 15) is 4.39 Å². The summed E-state index contributed by atoms with van der Waals surface area (Å²) in [6.45, 7) is 1.97. The highest BCUT2D eigenvalue weighted by Crippen LogP contribution is 2.35. The molecule has 1 N–H and O–H groups in total. The van der Waals surface area contributed by atoms with Gasteiger partial charge in [-0.1, -0.05) is 23.7 Å². The highest BCUT2D eigenvalue weighted by molar-refractivity contribution is 6.30. The van der Waals surface area contributed by atoms with E-state index in [4.69, 9.17) is 11.6 Å². The van der Waals surface area contributed by atoms with Crippen molar-refractivity contribution in [3.8, 4) is 0 Å². The predicted octanol–water partition coefficient (Wildman–Crippen LogP) is 4.89. The average Bonchev–Trinajstić information content (AvgIpc) is 2.76. The highest BCUT2D eigenvalue weighted by Gasteiger charge is 2.23. The fraction of sp³-hybridized carbons (Fsp3) is 0.250. The quantitative estimate of drug-likeness (QED) is 0.823. The molecule has 3 heteroatoms. The molecule has 1 unspecified atom stereocenters. The van der Waals surface area contributed by atoms with E-state index < -0.39 is 0 Å². The maximum atomic E-state index is 13.8. The number of anilines is 1. The van der Waals surface area contributed by atoms with Gasteiger partial charge >= 0.3 is 0 Å². The first-order chi connectivity index (χ1) is 9.13. The zero-order valence-corrected chi connectivity index (χ0v) is 11.5. The Balaban J connectivity index is 1.88. The molecular formula is C16H15ClFN. The van der Waals surface area contributed by atoms with Crippen LogP contribution in [0.5, 0.6) is 0 Å². The molecule has 1 aliphatic carbocycles. The van der Waals surface area contributed by atoms with Gasteiger partial charge in [0.2, 0.25) is 0 Å². The lowest BCUT2D eigenvalue weighted by Gasteiger charge is -2.16. The van der Waals surface area contributed by atoms with Crippen molar-refractivity contribution in [3.05, 3.63) is 63.9 Å². The molecule has 0 saturated heterocycles. The Labute approximate surface area is 117 Å². The van der Waals surface area contributed by atoms with Crippen LogP contribution in [0.15, 0.2) is 36.4 Å². The largest absolute Gasteiger partial charge is 0.376 e. The van der Waals surface area contributed by atoms with Gasteiger partial charge in [-0.05, 0) is 60.7 Å². The standard InChI is InChI=1S/C16H15ClFN/c1-10-2-6-14(18)16(8-10)19-15-7-3-11-9-12(17)4-5-13(11)15/h2,4-6,8-9,15,19H,3,7H2,1H3. The minimum Gasteiger partial charge on any atom is -0.376 e. The van der Waals surface area contributed by atoms with E-state index in [1.807, 2.05) is 31.2 Å². The van der Waals surface area contributed by atoms with Crippen LogP contribution in [0.1, 0.15) is 29.2 Å². The van der Waals surface area contributed by atoms with E-state index >= 15 is 0 Å². The van der Waals surface area contributed by atoms with Crippen molar-refractivity contribution in [1.82, 2.24) is 0 Å². The van der Waals surface area contributed by atoms with Gasteiger partial charge in [0.15, 0.2) is 0 Å². The summed E-state index contributed by atoms with van der Waals surface area (Å²) < 4.78 is 13.8. The number of aryl methyl sites for hydroxylation is 2. The van der Waals surface area contributed by atoms with Crippen molar-refractivity contribution in [2.45, 2.75) is 25.8 Å². The second kappa shape index (κ2) is 4.86. The summed E-state index contributed by atoms with van der Waals surface area (Å²) >= 11 is 6.00. The molecule has 3 rings (SSSR count). The molecule has 1 nitrogen and oxygen atoms in total. The van der Waals surface area contributed by atoms with Crippen LogP contribution in [-0.2, 0) is 6.42 Å². The van der Waals surface area contributed by atoms with E-state index in [1.165, 1.54) is 17.2 Å². The van der Waals surface area contributed by atoms with Gasteiger partial charge in [-0.15, -0.1) is 0 Å². The van der Waals surface area contributed by atoms with Crippen LogP contribution >= 0.6 is 11.6 Å². The molecule has 0 bridgehead atoms. The summed E-state index contributed by atoms with van der Waals surface area (Å²) in [7, 11) is 0. The monoisotopic (exact) mass is 275 g/mol. The zero-order chi connectivity index (χ0) is 13.4. The van der Waals surface area contributed by atoms with Gasteiger partial charge in [-0.2, -0.15) is 0 Å². The van der Waals surface area contributed by atoms with E-state index in [-0.39, 0.29) is 11.9 Å². The number of benzene rings is 2. The molecule has 0 radical (unpaired) electrons. The molecule has 0 saturated carbocycles. The molecule has 0 spiro atoms. The zero-order valence-electron chi connectivity index (χ0n) is 10.7. The lowest BCUT2D eigenvalue weighted by Crippen LogP contribution is -2.08. The van der Waals surface area contributed by atoms with E-state index in [0.29, 0.717) is 5.69 Å². The fourth-order valence-corrected chi connectivity index (χ4v) is 2.87. The SMILES string of the molecule is Cc1ccc(F)c(NC2CCc3cc(Cl)ccc32)c1. The Morgan fingerprint density at radius 1 is 1.21 bits per heavy atom. The van der Waals surface area contributed by atoms with Gasteiger partial charge in [-0.25, -0.2) is 4.39 Å². The molecule has 2 aromatic rings. The van der Waals surface area contributed by atoms with Gasteiger partial charge in [-0.3, -0.25) is 0 Å². The summed E-state index contributed by atoms with van der Waals surface area (Å²) in [5.74, 6) is -0.201. The number of halogens is 2. The minimum atomic E-state index is -0.201. The summed E-state index contributed by atoms with van der Waals surface area (Å²) in [4.78, 5) is 0. The molecule has 1 atom stereocenters. The normalized spacial score (nSPS) is 17.3. The first-order valence-electron chi connectivity index (χ1n) is 6.44. The highest BCUT2D eigenvalue weighted by atomic mass is 35.5. The first-order valence-corrected chi connectivity index (χ1v) is 6.82. The Hall–Kier alpha value is -1.54. The summed E-state index contributed by atoms with van der Waals surface area (Å²) in [6.07, 6.45) is 1.96. The van der Waals surface area contributed by atoms with Crippen molar-refractivity contribution >= 4 is 17.3 Å². The molecule has 0 heterocycles. The number of rotatable bonds is 2. The second-order valence-corrected chi connectivity index (χ2v) is 5.50. The third-order valence-corrected chi connectivity index (χ3v) is 3.87. The Morgan fingerprint density at radius 3 is 2.89 bits per heavy atom. The molecule has 98 valence electrons. The smallest absolute Gasteiger partial charge is 0.146 e. The van der Waals surface area contributed by atoms with Gasteiger partial charge in [0, 0.05) is 5.02 Å². The topological polar surface area (TPSA) is 12.0 Å². The van der Waals surface area contributed by atoms with E-state index in [0.717, 1.165) is 23.4 Å². The maximum Gasteiger partial charge on any atom is 0.146 e.